The fourth-order valence-corrected chi connectivity index (χ4v) is 3.77. The van der Waals surface area contributed by atoms with Gasteiger partial charge in [0.15, 0.2) is 11.0 Å². The van der Waals surface area contributed by atoms with Gasteiger partial charge in [0, 0.05) is 30.3 Å². The van der Waals surface area contributed by atoms with Gasteiger partial charge >= 0.3 is 0 Å². The first-order valence-electron chi connectivity index (χ1n) is 9.14. The van der Waals surface area contributed by atoms with Gasteiger partial charge in [-0.2, -0.15) is 0 Å². The first kappa shape index (κ1) is 19.8. The molecule has 4 rings (SSSR count). The summed E-state index contributed by atoms with van der Waals surface area (Å²) < 4.78 is 7.73. The van der Waals surface area contributed by atoms with E-state index in [9.17, 15) is 10.1 Å². The minimum Gasteiger partial charge on any atom is -0.419 e. The average molecular weight is 422 g/mol. The van der Waals surface area contributed by atoms with Gasteiger partial charge in [0.05, 0.1) is 10.2 Å². The highest BCUT2D eigenvalue weighted by Crippen LogP contribution is 2.35. The van der Waals surface area contributed by atoms with E-state index in [4.69, 9.17) is 4.42 Å². The Morgan fingerprint density at radius 1 is 1.07 bits per heavy atom. The van der Waals surface area contributed by atoms with Gasteiger partial charge in [-0.15, -0.1) is 20.4 Å². The van der Waals surface area contributed by atoms with E-state index in [0.29, 0.717) is 17.3 Å². The zero-order chi connectivity index (χ0) is 21.3. The highest BCUT2D eigenvalue weighted by atomic mass is 32.2. The van der Waals surface area contributed by atoms with Gasteiger partial charge in [0.2, 0.25) is 11.8 Å². The van der Waals surface area contributed by atoms with E-state index in [1.165, 1.54) is 23.9 Å². The smallest absolute Gasteiger partial charge is 0.269 e. The molecule has 0 saturated carbocycles. The zero-order valence-corrected chi connectivity index (χ0v) is 17.3. The molecule has 0 saturated heterocycles. The van der Waals surface area contributed by atoms with Crippen LogP contribution in [0.2, 0.25) is 0 Å². The Labute approximate surface area is 176 Å². The third kappa shape index (κ3) is 3.81. The van der Waals surface area contributed by atoms with Crippen LogP contribution in [0.4, 0.5) is 5.69 Å². The number of non-ortho nitro benzene ring substituents is 1. The number of nitrogens with zero attached hydrogens (tertiary/aromatic N) is 6. The molecule has 0 unspecified atom stereocenters. The minimum atomic E-state index is -0.451. The highest BCUT2D eigenvalue weighted by molar-refractivity contribution is 7.99. The Kier molecular flexibility index (Phi) is 5.32. The van der Waals surface area contributed by atoms with Crippen molar-refractivity contribution in [1.82, 2.24) is 25.0 Å². The molecule has 0 radical (unpaired) electrons. The van der Waals surface area contributed by atoms with Gasteiger partial charge in [-0.1, -0.05) is 36.0 Å². The molecule has 0 aliphatic heterocycles. The predicted molar refractivity (Wildman–Crippen MR) is 112 cm³/mol. The van der Waals surface area contributed by atoms with Crippen LogP contribution < -0.4 is 0 Å². The molecule has 0 bridgehead atoms. The molecule has 0 spiro atoms. The van der Waals surface area contributed by atoms with Crippen LogP contribution in [0.15, 0.2) is 58.1 Å². The highest BCUT2D eigenvalue weighted by Gasteiger charge is 2.21. The quantitative estimate of drug-likeness (QED) is 0.252. The number of hydrogen-bond donors (Lipinski definition) is 0. The molecule has 2 aromatic heterocycles. The normalized spacial score (nSPS) is 12.1. The van der Waals surface area contributed by atoms with Crippen molar-refractivity contribution in [3.8, 4) is 22.8 Å². The Hall–Kier alpha value is -3.53. The number of hydrogen-bond acceptors (Lipinski definition) is 8. The van der Waals surface area contributed by atoms with Crippen molar-refractivity contribution in [2.24, 2.45) is 7.05 Å². The van der Waals surface area contributed by atoms with Gasteiger partial charge in [-0.05, 0) is 31.5 Å². The van der Waals surface area contributed by atoms with Crippen LogP contribution in [0.1, 0.15) is 23.6 Å². The lowest BCUT2D eigenvalue weighted by Gasteiger charge is -2.08. The summed E-state index contributed by atoms with van der Waals surface area (Å²) in [6.45, 7) is 3.98. The van der Waals surface area contributed by atoms with Crippen molar-refractivity contribution < 1.29 is 9.34 Å². The van der Waals surface area contributed by atoms with Crippen LogP contribution in [0.5, 0.6) is 0 Å². The van der Waals surface area contributed by atoms with Crippen molar-refractivity contribution in [2.45, 2.75) is 24.3 Å². The van der Waals surface area contributed by atoms with Crippen LogP contribution in [0, 0.1) is 17.0 Å². The molecule has 4 aromatic rings. The second kappa shape index (κ2) is 8.07. The molecule has 0 amide bonds. The third-order valence-corrected chi connectivity index (χ3v) is 5.74. The van der Waals surface area contributed by atoms with Crippen molar-refractivity contribution in [3.05, 3.63) is 70.1 Å². The van der Waals surface area contributed by atoms with E-state index in [0.717, 1.165) is 22.1 Å². The summed E-state index contributed by atoms with van der Waals surface area (Å²) in [5.41, 5.74) is 2.79. The summed E-state index contributed by atoms with van der Waals surface area (Å²) in [5, 5.41) is 28.2. The second-order valence-corrected chi connectivity index (χ2v) is 8.00. The summed E-state index contributed by atoms with van der Waals surface area (Å²) >= 11 is 1.46. The summed E-state index contributed by atoms with van der Waals surface area (Å²) in [7, 11) is 1.92. The molecule has 30 heavy (non-hydrogen) atoms. The van der Waals surface area contributed by atoms with Crippen molar-refractivity contribution in [1.29, 1.82) is 0 Å². The third-order valence-electron chi connectivity index (χ3n) is 4.62. The molecular weight excluding hydrogens is 404 g/mol. The number of thioether (sulfide) groups is 1. The molecule has 0 N–H and O–H groups in total. The standard InChI is InChI=1S/C20H18N6O3S/c1-12-6-4-5-7-16(12)17-21-24-20(25(17)3)30-13(2)18-22-23-19(29-18)14-8-10-15(11-9-14)26(27)28/h4-11,13H,1-3H3/t13-/m1/s1. The van der Waals surface area contributed by atoms with E-state index in [1.54, 1.807) is 12.1 Å². The summed E-state index contributed by atoms with van der Waals surface area (Å²) in [6.07, 6.45) is 0. The lowest BCUT2D eigenvalue weighted by molar-refractivity contribution is -0.384. The van der Waals surface area contributed by atoms with Crippen LogP contribution in [0.25, 0.3) is 22.8 Å². The lowest BCUT2D eigenvalue weighted by atomic mass is 10.1. The van der Waals surface area contributed by atoms with Gasteiger partial charge in [-0.25, -0.2) is 0 Å². The number of nitro benzene ring substituents is 1. The van der Waals surface area contributed by atoms with Crippen molar-refractivity contribution in [3.63, 3.8) is 0 Å². The van der Waals surface area contributed by atoms with Crippen molar-refractivity contribution >= 4 is 17.4 Å². The topological polar surface area (TPSA) is 113 Å². The molecule has 2 aromatic carbocycles. The first-order chi connectivity index (χ1) is 14.4. The maximum absolute atomic E-state index is 10.8. The maximum atomic E-state index is 10.8. The Morgan fingerprint density at radius 3 is 2.50 bits per heavy atom. The molecule has 0 aliphatic carbocycles. The number of aromatic nitrogens is 5. The Morgan fingerprint density at radius 2 is 1.80 bits per heavy atom. The number of rotatable bonds is 6. The predicted octanol–water partition coefficient (Wildman–Crippen LogP) is 4.60. The summed E-state index contributed by atoms with van der Waals surface area (Å²) in [6, 6.07) is 14.0. The van der Waals surface area contributed by atoms with Crippen LogP contribution in [0.3, 0.4) is 0 Å². The number of nitro groups is 1. The number of benzene rings is 2. The number of aryl methyl sites for hydroxylation is 1. The molecule has 152 valence electrons. The minimum absolute atomic E-state index is 0.00847. The molecule has 10 heteroatoms. The molecule has 9 nitrogen and oxygen atoms in total. The molecular formula is C20H18N6O3S. The molecule has 0 aliphatic rings. The van der Waals surface area contributed by atoms with E-state index < -0.39 is 4.92 Å². The molecule has 2 heterocycles. The monoisotopic (exact) mass is 422 g/mol. The van der Waals surface area contributed by atoms with Gasteiger partial charge < -0.3 is 8.98 Å². The lowest BCUT2D eigenvalue weighted by Crippen LogP contribution is -1.98. The van der Waals surface area contributed by atoms with Gasteiger partial charge in [0.25, 0.3) is 5.69 Å². The largest absolute Gasteiger partial charge is 0.419 e. The second-order valence-electron chi connectivity index (χ2n) is 6.69. The van der Waals surface area contributed by atoms with Gasteiger partial charge in [-0.3, -0.25) is 10.1 Å². The Balaban J connectivity index is 1.52. The average Bonchev–Trinajstić information content (AvgIpc) is 3.37. The molecule has 1 atom stereocenters. The fourth-order valence-electron chi connectivity index (χ4n) is 2.93. The maximum Gasteiger partial charge on any atom is 0.269 e. The van der Waals surface area contributed by atoms with Crippen molar-refractivity contribution in [2.75, 3.05) is 0 Å². The van der Waals surface area contributed by atoms with Crippen LogP contribution >= 0.6 is 11.8 Å². The summed E-state index contributed by atoms with van der Waals surface area (Å²) in [5.74, 6) is 1.54. The van der Waals surface area contributed by atoms with Crippen LogP contribution in [-0.4, -0.2) is 29.9 Å². The summed E-state index contributed by atoms with van der Waals surface area (Å²) in [4.78, 5) is 10.3. The first-order valence-corrected chi connectivity index (χ1v) is 10.0. The van der Waals surface area contributed by atoms with E-state index in [1.807, 2.05) is 49.7 Å². The Bertz CT molecular complexity index is 1200. The van der Waals surface area contributed by atoms with Crippen LogP contribution in [-0.2, 0) is 7.05 Å². The van der Waals surface area contributed by atoms with E-state index >= 15 is 0 Å². The van der Waals surface area contributed by atoms with E-state index in [-0.39, 0.29) is 10.9 Å². The fraction of sp³-hybridized carbons (Fsp3) is 0.200. The van der Waals surface area contributed by atoms with Gasteiger partial charge in [0.1, 0.15) is 0 Å². The van der Waals surface area contributed by atoms with E-state index in [2.05, 4.69) is 20.4 Å². The molecule has 0 fully saturated rings. The zero-order valence-electron chi connectivity index (χ0n) is 16.5. The SMILES string of the molecule is Cc1ccccc1-c1nnc(S[C@H](C)c2nnc(-c3ccc([N+](=O)[O-])cc3)o2)n1C.